The Morgan fingerprint density at radius 1 is 1.50 bits per heavy atom. The minimum atomic E-state index is -0.0153. The Morgan fingerprint density at radius 2 is 2.29 bits per heavy atom. The summed E-state index contributed by atoms with van der Waals surface area (Å²) in [5.74, 6) is 6.11. The predicted molar refractivity (Wildman–Crippen MR) is 57.0 cm³/mol. The second kappa shape index (κ2) is 3.61. The first-order valence-corrected chi connectivity index (χ1v) is 4.74. The average molecular weight is 211 g/mol. The maximum Gasteiger partial charge on any atom is 0.152 e. The van der Waals surface area contributed by atoms with Crippen molar-refractivity contribution in [1.29, 1.82) is 0 Å². The van der Waals surface area contributed by atoms with E-state index < -0.39 is 0 Å². The fourth-order valence-corrected chi connectivity index (χ4v) is 1.56. The van der Waals surface area contributed by atoms with Crippen LogP contribution >= 0.6 is 11.6 Å². The van der Waals surface area contributed by atoms with Gasteiger partial charge in [-0.25, -0.2) is 0 Å². The number of hydrogen-bond donors (Lipinski definition) is 2. The van der Waals surface area contributed by atoms with Gasteiger partial charge in [0.1, 0.15) is 5.76 Å². The Kier molecular flexibility index (Phi) is 2.46. The van der Waals surface area contributed by atoms with Crippen molar-refractivity contribution in [2.75, 3.05) is 0 Å². The van der Waals surface area contributed by atoms with Gasteiger partial charge in [0.2, 0.25) is 0 Å². The molecule has 2 aromatic rings. The molecule has 2 rings (SSSR count). The Balaban J connectivity index is 2.56. The lowest BCUT2D eigenvalue weighted by Crippen LogP contribution is -2.25. The molecule has 0 aliphatic rings. The van der Waals surface area contributed by atoms with Crippen LogP contribution in [-0.2, 0) is 0 Å². The molecule has 0 saturated heterocycles. The highest BCUT2D eigenvalue weighted by Gasteiger charge is 2.11. The van der Waals surface area contributed by atoms with Crippen LogP contribution in [0, 0.1) is 0 Å². The number of hydrazine groups is 1. The van der Waals surface area contributed by atoms with Crippen LogP contribution in [0.15, 0.2) is 28.7 Å². The van der Waals surface area contributed by atoms with E-state index in [2.05, 4.69) is 5.43 Å². The van der Waals surface area contributed by atoms with Crippen molar-refractivity contribution in [2.45, 2.75) is 13.0 Å². The van der Waals surface area contributed by atoms with Crippen molar-refractivity contribution in [2.24, 2.45) is 5.84 Å². The summed E-state index contributed by atoms with van der Waals surface area (Å²) in [5, 5.41) is 1.62. The first-order valence-electron chi connectivity index (χ1n) is 4.36. The molecule has 0 fully saturated rings. The topological polar surface area (TPSA) is 51.2 Å². The first-order chi connectivity index (χ1) is 6.72. The van der Waals surface area contributed by atoms with E-state index in [1.165, 1.54) is 0 Å². The van der Waals surface area contributed by atoms with Crippen molar-refractivity contribution in [1.82, 2.24) is 5.43 Å². The van der Waals surface area contributed by atoms with Crippen LogP contribution in [0.4, 0.5) is 0 Å². The van der Waals surface area contributed by atoms with E-state index in [1.807, 2.05) is 25.1 Å². The van der Waals surface area contributed by atoms with E-state index in [-0.39, 0.29) is 6.04 Å². The van der Waals surface area contributed by atoms with Gasteiger partial charge in [-0.3, -0.25) is 11.3 Å². The number of rotatable bonds is 2. The highest BCUT2D eigenvalue weighted by Crippen LogP contribution is 2.28. The SMILES string of the molecule is CC(NN)c1cc2cccc(Cl)c2o1. The smallest absolute Gasteiger partial charge is 0.152 e. The zero-order chi connectivity index (χ0) is 10.1. The van der Waals surface area contributed by atoms with Gasteiger partial charge in [0, 0.05) is 5.39 Å². The number of hydrogen-bond acceptors (Lipinski definition) is 3. The normalized spacial score (nSPS) is 13.4. The number of furan rings is 1. The summed E-state index contributed by atoms with van der Waals surface area (Å²) in [7, 11) is 0. The second-order valence-electron chi connectivity index (χ2n) is 3.20. The molecule has 0 aliphatic carbocycles. The maximum atomic E-state index is 5.97. The standard InChI is InChI=1S/C10H11ClN2O/c1-6(13-12)9-5-7-3-2-4-8(11)10(7)14-9/h2-6,13H,12H2,1H3. The summed E-state index contributed by atoms with van der Waals surface area (Å²) in [4.78, 5) is 0. The van der Waals surface area contributed by atoms with Crippen LogP contribution in [0.3, 0.4) is 0 Å². The summed E-state index contributed by atoms with van der Waals surface area (Å²) in [6, 6.07) is 7.57. The van der Waals surface area contributed by atoms with E-state index in [4.69, 9.17) is 21.9 Å². The highest BCUT2D eigenvalue weighted by molar-refractivity contribution is 6.34. The van der Waals surface area contributed by atoms with Gasteiger partial charge in [0.25, 0.3) is 0 Å². The van der Waals surface area contributed by atoms with E-state index in [9.17, 15) is 0 Å². The molecule has 0 aliphatic heterocycles. The van der Waals surface area contributed by atoms with Gasteiger partial charge in [0.15, 0.2) is 5.58 Å². The fraction of sp³-hybridized carbons (Fsp3) is 0.200. The molecule has 14 heavy (non-hydrogen) atoms. The molecule has 1 aromatic heterocycles. The molecule has 0 saturated carbocycles. The number of nitrogens with two attached hydrogens (primary N) is 1. The molecule has 1 aromatic carbocycles. The summed E-state index contributed by atoms with van der Waals surface area (Å²) in [5.41, 5.74) is 3.34. The van der Waals surface area contributed by atoms with Crippen LogP contribution in [-0.4, -0.2) is 0 Å². The molecule has 3 N–H and O–H groups in total. The molecule has 0 bridgehead atoms. The van der Waals surface area contributed by atoms with Gasteiger partial charge in [-0.2, -0.15) is 0 Å². The monoisotopic (exact) mass is 210 g/mol. The summed E-state index contributed by atoms with van der Waals surface area (Å²) in [6.45, 7) is 1.92. The number of fused-ring (bicyclic) bond motifs is 1. The van der Waals surface area contributed by atoms with Crippen molar-refractivity contribution in [3.05, 3.63) is 35.0 Å². The molecule has 3 nitrogen and oxygen atoms in total. The van der Waals surface area contributed by atoms with Crippen LogP contribution in [0.5, 0.6) is 0 Å². The van der Waals surface area contributed by atoms with Crippen LogP contribution in [0.25, 0.3) is 11.0 Å². The van der Waals surface area contributed by atoms with Gasteiger partial charge in [-0.15, -0.1) is 0 Å². The molecule has 74 valence electrons. The predicted octanol–water partition coefficient (Wildman–Crippen LogP) is 2.61. The minimum absolute atomic E-state index is 0.0153. The average Bonchev–Trinajstić information content (AvgIpc) is 2.62. The van der Waals surface area contributed by atoms with Gasteiger partial charge in [-0.05, 0) is 19.1 Å². The maximum absolute atomic E-state index is 5.97. The largest absolute Gasteiger partial charge is 0.458 e. The van der Waals surface area contributed by atoms with E-state index in [0.29, 0.717) is 10.6 Å². The van der Waals surface area contributed by atoms with Crippen molar-refractivity contribution >= 4 is 22.6 Å². The third-order valence-corrected chi connectivity index (χ3v) is 2.49. The molecular formula is C10H11ClN2O. The van der Waals surface area contributed by atoms with Crippen LogP contribution < -0.4 is 11.3 Å². The summed E-state index contributed by atoms with van der Waals surface area (Å²) >= 11 is 5.97. The first kappa shape index (κ1) is 9.52. The number of para-hydroxylation sites is 1. The lowest BCUT2D eigenvalue weighted by Gasteiger charge is -2.04. The van der Waals surface area contributed by atoms with Crippen molar-refractivity contribution in [3.8, 4) is 0 Å². The second-order valence-corrected chi connectivity index (χ2v) is 3.60. The molecule has 0 spiro atoms. The molecule has 1 heterocycles. The van der Waals surface area contributed by atoms with Gasteiger partial charge in [0.05, 0.1) is 11.1 Å². The minimum Gasteiger partial charge on any atom is -0.458 e. The third-order valence-electron chi connectivity index (χ3n) is 2.19. The van der Waals surface area contributed by atoms with Gasteiger partial charge < -0.3 is 4.42 Å². The van der Waals surface area contributed by atoms with Crippen LogP contribution in [0.1, 0.15) is 18.7 Å². The fourth-order valence-electron chi connectivity index (χ4n) is 1.34. The molecular weight excluding hydrogens is 200 g/mol. The summed E-state index contributed by atoms with van der Waals surface area (Å²) < 4.78 is 5.58. The molecule has 1 unspecified atom stereocenters. The Morgan fingerprint density at radius 3 is 2.93 bits per heavy atom. The highest BCUT2D eigenvalue weighted by atomic mass is 35.5. The van der Waals surface area contributed by atoms with E-state index >= 15 is 0 Å². The zero-order valence-corrected chi connectivity index (χ0v) is 8.51. The Bertz CT molecular complexity index is 452. The molecule has 0 radical (unpaired) electrons. The third kappa shape index (κ3) is 1.50. The van der Waals surface area contributed by atoms with E-state index in [1.54, 1.807) is 6.07 Å². The molecule has 4 heteroatoms. The van der Waals surface area contributed by atoms with Crippen LogP contribution in [0.2, 0.25) is 5.02 Å². The molecule has 1 atom stereocenters. The molecule has 0 amide bonds. The van der Waals surface area contributed by atoms with Crippen molar-refractivity contribution < 1.29 is 4.42 Å². The van der Waals surface area contributed by atoms with E-state index in [0.717, 1.165) is 11.1 Å². The lowest BCUT2D eigenvalue weighted by atomic mass is 10.2. The Hall–Kier alpha value is -1.03. The number of benzene rings is 1. The number of halogens is 1. The van der Waals surface area contributed by atoms with Gasteiger partial charge in [-0.1, -0.05) is 23.7 Å². The number of nitrogens with one attached hydrogen (secondary N) is 1. The van der Waals surface area contributed by atoms with Gasteiger partial charge >= 0.3 is 0 Å². The summed E-state index contributed by atoms with van der Waals surface area (Å²) in [6.07, 6.45) is 0. The quantitative estimate of drug-likeness (QED) is 0.592. The zero-order valence-electron chi connectivity index (χ0n) is 7.75. The lowest BCUT2D eigenvalue weighted by molar-refractivity contribution is 0.459. The van der Waals surface area contributed by atoms with Crippen molar-refractivity contribution in [3.63, 3.8) is 0 Å². The Labute approximate surface area is 86.8 Å².